The van der Waals surface area contributed by atoms with E-state index in [1.165, 1.54) is 0 Å². The first-order chi connectivity index (χ1) is 4.16. The van der Waals surface area contributed by atoms with Gasteiger partial charge < -0.3 is 4.55 Å². The van der Waals surface area contributed by atoms with Gasteiger partial charge in [0.05, 0.1) is 5.75 Å². The van der Waals surface area contributed by atoms with E-state index in [-0.39, 0.29) is 5.75 Å². The average Bonchev–Trinajstić information content (AvgIpc) is 1.63. The number of rotatable bonds is 4. The van der Waals surface area contributed by atoms with Crippen molar-refractivity contribution >= 4 is 11.1 Å². The van der Waals surface area contributed by atoms with Crippen LogP contribution in [0.25, 0.3) is 0 Å². The van der Waals surface area contributed by atoms with Crippen LogP contribution >= 0.6 is 0 Å². The topological polar surface area (TPSA) is 37.3 Å². The average molecular weight is 154 g/mol. The molecule has 0 spiro atoms. The van der Waals surface area contributed by atoms with Gasteiger partial charge in [-0.15, -0.1) is 0 Å². The van der Waals surface area contributed by atoms with Gasteiger partial charge in [0.15, 0.2) is 11.1 Å². The minimum absolute atomic E-state index is 0.242. The SMILES string of the molecule is CCCC(F)CS(=O)O. The Morgan fingerprint density at radius 2 is 2.33 bits per heavy atom. The summed E-state index contributed by atoms with van der Waals surface area (Å²) in [5, 5.41) is 0. The fraction of sp³-hybridized carbons (Fsp3) is 1.00. The van der Waals surface area contributed by atoms with Gasteiger partial charge in [0, 0.05) is 0 Å². The van der Waals surface area contributed by atoms with E-state index < -0.39 is 17.3 Å². The highest BCUT2D eigenvalue weighted by Crippen LogP contribution is 2.01. The molecule has 1 N–H and O–H groups in total. The zero-order valence-corrected chi connectivity index (χ0v) is 6.16. The molecular formula is C5H11FO2S. The monoisotopic (exact) mass is 154 g/mol. The maximum atomic E-state index is 12.3. The van der Waals surface area contributed by atoms with Gasteiger partial charge in [-0.2, -0.15) is 0 Å². The number of alkyl halides is 1. The summed E-state index contributed by atoms with van der Waals surface area (Å²) >= 11 is -1.97. The summed E-state index contributed by atoms with van der Waals surface area (Å²) in [6.07, 6.45) is -0.00849. The lowest BCUT2D eigenvalue weighted by atomic mass is 10.2. The van der Waals surface area contributed by atoms with Crippen molar-refractivity contribution in [3.05, 3.63) is 0 Å². The molecule has 0 aromatic heterocycles. The molecule has 0 fully saturated rings. The van der Waals surface area contributed by atoms with E-state index in [1.54, 1.807) is 0 Å². The summed E-state index contributed by atoms with van der Waals surface area (Å²) in [5.74, 6) is -0.242. The zero-order valence-electron chi connectivity index (χ0n) is 5.34. The Hall–Kier alpha value is 0.0400. The van der Waals surface area contributed by atoms with Gasteiger partial charge in [-0.1, -0.05) is 13.3 Å². The second-order valence-electron chi connectivity index (χ2n) is 1.87. The van der Waals surface area contributed by atoms with Gasteiger partial charge in [-0.3, -0.25) is 0 Å². The predicted octanol–water partition coefficient (Wildman–Crippen LogP) is 1.35. The summed E-state index contributed by atoms with van der Waals surface area (Å²) in [7, 11) is 0. The lowest BCUT2D eigenvalue weighted by Gasteiger charge is -2.00. The van der Waals surface area contributed by atoms with Crippen LogP contribution in [0, 0.1) is 0 Å². The second kappa shape index (κ2) is 4.88. The number of halogens is 1. The van der Waals surface area contributed by atoms with Crippen LogP contribution in [0.3, 0.4) is 0 Å². The summed E-state index contributed by atoms with van der Waals surface area (Å²) in [5.41, 5.74) is 0. The molecule has 0 saturated carbocycles. The highest BCUT2D eigenvalue weighted by atomic mass is 32.2. The Kier molecular flexibility index (Phi) is 4.90. The molecule has 0 aliphatic carbocycles. The van der Waals surface area contributed by atoms with E-state index >= 15 is 0 Å². The quantitative estimate of drug-likeness (QED) is 0.620. The first-order valence-corrected chi connectivity index (χ1v) is 4.16. The van der Waals surface area contributed by atoms with Crippen molar-refractivity contribution in [2.24, 2.45) is 0 Å². The van der Waals surface area contributed by atoms with Crippen LogP contribution in [-0.2, 0) is 11.1 Å². The Bertz CT molecular complexity index is 97.0. The van der Waals surface area contributed by atoms with Gasteiger partial charge in [0.1, 0.15) is 6.17 Å². The smallest absolute Gasteiger partial charge is 0.155 e. The van der Waals surface area contributed by atoms with Gasteiger partial charge in [0.25, 0.3) is 0 Å². The Balaban J connectivity index is 3.26. The fourth-order valence-electron chi connectivity index (χ4n) is 0.551. The van der Waals surface area contributed by atoms with E-state index in [1.807, 2.05) is 6.92 Å². The molecule has 0 rings (SSSR count). The second-order valence-corrected chi connectivity index (χ2v) is 2.85. The van der Waals surface area contributed by atoms with Crippen LogP contribution in [0.5, 0.6) is 0 Å². The van der Waals surface area contributed by atoms with Crippen LogP contribution in [-0.4, -0.2) is 20.7 Å². The third-order valence-corrected chi connectivity index (χ3v) is 1.57. The highest BCUT2D eigenvalue weighted by molar-refractivity contribution is 7.79. The third kappa shape index (κ3) is 5.92. The van der Waals surface area contributed by atoms with Crippen molar-refractivity contribution in [1.82, 2.24) is 0 Å². The number of hydrogen-bond acceptors (Lipinski definition) is 1. The molecule has 0 heterocycles. The highest BCUT2D eigenvalue weighted by Gasteiger charge is 2.07. The minimum Gasteiger partial charge on any atom is -0.306 e. The number of hydrogen-bond donors (Lipinski definition) is 1. The van der Waals surface area contributed by atoms with Crippen molar-refractivity contribution in [2.45, 2.75) is 25.9 Å². The predicted molar refractivity (Wildman–Crippen MR) is 35.4 cm³/mol. The zero-order chi connectivity index (χ0) is 7.28. The molecule has 2 nitrogen and oxygen atoms in total. The summed E-state index contributed by atoms with van der Waals surface area (Å²) in [6.45, 7) is 1.84. The van der Waals surface area contributed by atoms with Gasteiger partial charge in [-0.05, 0) is 6.42 Å². The van der Waals surface area contributed by atoms with Gasteiger partial charge in [-0.25, -0.2) is 8.60 Å². The standard InChI is InChI=1S/C5H11FO2S/c1-2-3-5(6)4-9(7)8/h5H,2-4H2,1H3,(H,7,8). The molecule has 0 aliphatic heterocycles. The van der Waals surface area contributed by atoms with Crippen molar-refractivity contribution in [3.8, 4) is 0 Å². The molecule has 0 bridgehead atoms. The van der Waals surface area contributed by atoms with Crippen molar-refractivity contribution in [1.29, 1.82) is 0 Å². The summed E-state index contributed by atoms with van der Waals surface area (Å²) in [4.78, 5) is 0. The summed E-state index contributed by atoms with van der Waals surface area (Å²) in [6, 6.07) is 0. The van der Waals surface area contributed by atoms with Crippen LogP contribution in [0.1, 0.15) is 19.8 Å². The largest absolute Gasteiger partial charge is 0.306 e. The third-order valence-electron chi connectivity index (χ3n) is 0.925. The minimum atomic E-state index is -1.97. The fourth-order valence-corrected chi connectivity index (χ4v) is 1.03. The molecule has 56 valence electrons. The molecule has 0 aromatic carbocycles. The Labute approximate surface area is 56.7 Å². The lowest BCUT2D eigenvalue weighted by Crippen LogP contribution is -2.10. The molecule has 9 heavy (non-hydrogen) atoms. The Morgan fingerprint density at radius 3 is 2.67 bits per heavy atom. The molecule has 0 amide bonds. The van der Waals surface area contributed by atoms with Gasteiger partial charge in [0.2, 0.25) is 0 Å². The molecule has 0 radical (unpaired) electrons. The molecule has 0 saturated heterocycles. The van der Waals surface area contributed by atoms with Crippen molar-refractivity contribution in [2.75, 3.05) is 5.75 Å². The molecule has 0 aromatic rings. The van der Waals surface area contributed by atoms with Crippen LogP contribution in [0.2, 0.25) is 0 Å². The van der Waals surface area contributed by atoms with Crippen LogP contribution in [0.4, 0.5) is 4.39 Å². The van der Waals surface area contributed by atoms with Gasteiger partial charge >= 0.3 is 0 Å². The van der Waals surface area contributed by atoms with Crippen molar-refractivity contribution in [3.63, 3.8) is 0 Å². The molecule has 2 unspecified atom stereocenters. The first-order valence-electron chi connectivity index (χ1n) is 2.88. The summed E-state index contributed by atoms with van der Waals surface area (Å²) < 4.78 is 30.4. The molecule has 4 heteroatoms. The van der Waals surface area contributed by atoms with Crippen molar-refractivity contribution < 1.29 is 13.2 Å². The van der Waals surface area contributed by atoms with E-state index in [0.717, 1.165) is 6.42 Å². The lowest BCUT2D eigenvalue weighted by molar-refractivity contribution is 0.338. The molecule has 0 aliphatic rings. The van der Waals surface area contributed by atoms with E-state index in [9.17, 15) is 8.60 Å². The maximum absolute atomic E-state index is 12.3. The van der Waals surface area contributed by atoms with E-state index in [0.29, 0.717) is 6.42 Å². The van der Waals surface area contributed by atoms with E-state index in [4.69, 9.17) is 4.55 Å². The molecular weight excluding hydrogens is 143 g/mol. The Morgan fingerprint density at radius 1 is 1.78 bits per heavy atom. The van der Waals surface area contributed by atoms with Crippen LogP contribution < -0.4 is 0 Å². The first kappa shape index (κ1) is 9.04. The molecule has 2 atom stereocenters. The normalized spacial score (nSPS) is 17.2. The van der Waals surface area contributed by atoms with Crippen LogP contribution in [0.15, 0.2) is 0 Å². The maximum Gasteiger partial charge on any atom is 0.155 e. The van der Waals surface area contributed by atoms with E-state index in [2.05, 4.69) is 0 Å².